The third kappa shape index (κ3) is 3.60. The van der Waals surface area contributed by atoms with Gasteiger partial charge in [0.15, 0.2) is 0 Å². The molecule has 2 rings (SSSR count). The Morgan fingerprint density at radius 3 is 2.55 bits per heavy atom. The van der Waals surface area contributed by atoms with Crippen LogP contribution >= 0.6 is 0 Å². The van der Waals surface area contributed by atoms with Crippen LogP contribution in [-0.2, 0) is 9.47 Å². The topological polar surface area (TPSA) is 30.5 Å². The van der Waals surface area contributed by atoms with E-state index in [1.54, 1.807) is 0 Å². The molecule has 0 heterocycles. The molecule has 0 saturated heterocycles. The number of ether oxygens (including phenoxy) is 2. The molecule has 1 aromatic carbocycles. The fourth-order valence-electron chi connectivity index (χ4n) is 3.04. The molecule has 0 amide bonds. The van der Waals surface area contributed by atoms with Crippen LogP contribution in [0.1, 0.15) is 50.3 Å². The van der Waals surface area contributed by atoms with E-state index in [1.165, 1.54) is 11.1 Å². The summed E-state index contributed by atoms with van der Waals surface area (Å²) in [6.45, 7) is 7.72. The van der Waals surface area contributed by atoms with Gasteiger partial charge in [-0.15, -0.1) is 0 Å². The third-order valence-electron chi connectivity index (χ3n) is 4.00. The van der Waals surface area contributed by atoms with Gasteiger partial charge in [-0.05, 0) is 44.4 Å². The van der Waals surface area contributed by atoms with E-state index in [9.17, 15) is 0 Å². The van der Waals surface area contributed by atoms with Crippen molar-refractivity contribution in [2.75, 3.05) is 20.3 Å². The summed E-state index contributed by atoms with van der Waals surface area (Å²) in [7, 11) is 2.01. The second-order valence-corrected chi connectivity index (χ2v) is 5.86. The van der Waals surface area contributed by atoms with E-state index >= 15 is 0 Å². The quantitative estimate of drug-likeness (QED) is 0.810. The average molecular weight is 277 g/mol. The molecule has 0 bridgehead atoms. The SMILES string of the molecule is CNC1c2ccccc2C(C)CC1OCCOC(C)C. The number of fused-ring (bicyclic) bond motifs is 1. The number of rotatable bonds is 6. The molecule has 3 unspecified atom stereocenters. The van der Waals surface area contributed by atoms with Crippen molar-refractivity contribution in [3.8, 4) is 0 Å². The third-order valence-corrected chi connectivity index (χ3v) is 4.00. The first kappa shape index (κ1) is 15.5. The molecule has 0 spiro atoms. The Morgan fingerprint density at radius 2 is 1.90 bits per heavy atom. The second kappa shape index (κ2) is 7.21. The minimum Gasteiger partial charge on any atom is -0.376 e. The van der Waals surface area contributed by atoms with Gasteiger partial charge in [-0.1, -0.05) is 31.2 Å². The summed E-state index contributed by atoms with van der Waals surface area (Å²) in [5.41, 5.74) is 2.83. The van der Waals surface area contributed by atoms with Gasteiger partial charge in [-0.25, -0.2) is 0 Å². The summed E-state index contributed by atoms with van der Waals surface area (Å²) in [5.74, 6) is 0.548. The van der Waals surface area contributed by atoms with E-state index in [2.05, 4.69) is 50.4 Å². The predicted octanol–water partition coefficient (Wildman–Crippen LogP) is 3.26. The van der Waals surface area contributed by atoms with E-state index < -0.39 is 0 Å². The van der Waals surface area contributed by atoms with Crippen molar-refractivity contribution >= 4 is 0 Å². The first-order chi connectivity index (χ1) is 9.63. The normalized spacial score (nSPS) is 25.8. The van der Waals surface area contributed by atoms with Crippen LogP contribution < -0.4 is 5.32 Å². The maximum Gasteiger partial charge on any atom is 0.0776 e. The summed E-state index contributed by atoms with van der Waals surface area (Å²) >= 11 is 0. The zero-order valence-electron chi connectivity index (χ0n) is 13.1. The first-order valence-corrected chi connectivity index (χ1v) is 7.62. The van der Waals surface area contributed by atoms with Gasteiger partial charge in [0.25, 0.3) is 0 Å². The zero-order valence-corrected chi connectivity index (χ0v) is 13.1. The standard InChI is InChI=1S/C17H27NO2/c1-12(2)19-9-10-20-16-11-13(3)14-7-5-6-8-15(14)17(16)18-4/h5-8,12-13,16-18H,9-11H2,1-4H3. The minimum absolute atomic E-state index is 0.223. The number of likely N-dealkylation sites (N-methyl/N-ethyl adjacent to an activating group) is 1. The van der Waals surface area contributed by atoms with Crippen molar-refractivity contribution in [1.29, 1.82) is 0 Å². The number of nitrogens with one attached hydrogen (secondary N) is 1. The lowest BCUT2D eigenvalue weighted by atomic mass is 9.79. The smallest absolute Gasteiger partial charge is 0.0776 e. The van der Waals surface area contributed by atoms with Crippen LogP contribution in [0.4, 0.5) is 0 Å². The molecule has 20 heavy (non-hydrogen) atoms. The largest absolute Gasteiger partial charge is 0.376 e. The molecule has 0 aromatic heterocycles. The lowest BCUT2D eigenvalue weighted by molar-refractivity contribution is -0.0328. The van der Waals surface area contributed by atoms with Gasteiger partial charge in [0.1, 0.15) is 0 Å². The fraction of sp³-hybridized carbons (Fsp3) is 0.647. The molecular formula is C17H27NO2. The van der Waals surface area contributed by atoms with Crippen molar-refractivity contribution in [1.82, 2.24) is 5.32 Å². The van der Waals surface area contributed by atoms with Gasteiger partial charge >= 0.3 is 0 Å². The molecule has 1 aliphatic carbocycles. The minimum atomic E-state index is 0.223. The van der Waals surface area contributed by atoms with Crippen molar-refractivity contribution in [2.45, 2.75) is 51.4 Å². The number of hydrogen-bond acceptors (Lipinski definition) is 3. The van der Waals surface area contributed by atoms with E-state index in [4.69, 9.17) is 9.47 Å². The summed E-state index contributed by atoms with van der Waals surface area (Å²) in [4.78, 5) is 0. The Balaban J connectivity index is 2.00. The van der Waals surface area contributed by atoms with Gasteiger partial charge in [-0.3, -0.25) is 0 Å². The summed E-state index contributed by atoms with van der Waals surface area (Å²) in [5, 5.41) is 3.41. The molecule has 0 radical (unpaired) electrons. The highest BCUT2D eigenvalue weighted by Crippen LogP contribution is 2.38. The van der Waals surface area contributed by atoms with Gasteiger partial charge in [0.2, 0.25) is 0 Å². The van der Waals surface area contributed by atoms with Crippen molar-refractivity contribution in [3.63, 3.8) is 0 Å². The lowest BCUT2D eigenvalue weighted by Gasteiger charge is -2.36. The Labute approximate surface area is 122 Å². The molecule has 1 aliphatic rings. The monoisotopic (exact) mass is 277 g/mol. The van der Waals surface area contributed by atoms with Crippen LogP contribution in [0.15, 0.2) is 24.3 Å². The Hall–Kier alpha value is -0.900. The Morgan fingerprint density at radius 1 is 1.20 bits per heavy atom. The van der Waals surface area contributed by atoms with E-state index in [-0.39, 0.29) is 18.2 Å². The fourth-order valence-corrected chi connectivity index (χ4v) is 3.04. The molecule has 1 N–H and O–H groups in total. The molecule has 0 fully saturated rings. The second-order valence-electron chi connectivity index (χ2n) is 5.86. The molecule has 112 valence electrons. The maximum atomic E-state index is 6.08. The predicted molar refractivity (Wildman–Crippen MR) is 82.1 cm³/mol. The zero-order chi connectivity index (χ0) is 14.5. The van der Waals surface area contributed by atoms with E-state index in [0.29, 0.717) is 19.1 Å². The van der Waals surface area contributed by atoms with Gasteiger partial charge in [0.05, 0.1) is 31.5 Å². The van der Waals surface area contributed by atoms with Gasteiger partial charge in [-0.2, -0.15) is 0 Å². The van der Waals surface area contributed by atoms with Crippen LogP contribution in [0.25, 0.3) is 0 Å². The molecule has 3 heteroatoms. The molecule has 0 saturated carbocycles. The van der Waals surface area contributed by atoms with E-state index in [0.717, 1.165) is 6.42 Å². The van der Waals surface area contributed by atoms with Crippen LogP contribution in [0, 0.1) is 0 Å². The molecule has 1 aromatic rings. The van der Waals surface area contributed by atoms with Gasteiger partial charge in [0, 0.05) is 0 Å². The molecule has 0 aliphatic heterocycles. The van der Waals surface area contributed by atoms with Crippen molar-refractivity contribution in [2.24, 2.45) is 0 Å². The summed E-state index contributed by atoms with van der Waals surface area (Å²) in [6, 6.07) is 8.97. The molecule has 3 nitrogen and oxygen atoms in total. The van der Waals surface area contributed by atoms with Crippen LogP contribution in [0.3, 0.4) is 0 Å². The number of hydrogen-bond donors (Lipinski definition) is 1. The highest BCUT2D eigenvalue weighted by Gasteiger charge is 2.32. The molecular weight excluding hydrogens is 250 g/mol. The van der Waals surface area contributed by atoms with Crippen LogP contribution in [0.5, 0.6) is 0 Å². The highest BCUT2D eigenvalue weighted by atomic mass is 16.5. The molecule has 3 atom stereocenters. The van der Waals surface area contributed by atoms with Crippen molar-refractivity contribution < 1.29 is 9.47 Å². The number of benzene rings is 1. The Kier molecular flexibility index (Phi) is 5.58. The summed E-state index contributed by atoms with van der Waals surface area (Å²) < 4.78 is 11.6. The van der Waals surface area contributed by atoms with E-state index in [1.807, 2.05) is 7.05 Å². The first-order valence-electron chi connectivity index (χ1n) is 7.62. The lowest BCUT2D eigenvalue weighted by Crippen LogP contribution is -2.37. The Bertz CT molecular complexity index is 419. The van der Waals surface area contributed by atoms with Crippen LogP contribution in [0.2, 0.25) is 0 Å². The average Bonchev–Trinajstić information content (AvgIpc) is 2.44. The van der Waals surface area contributed by atoms with Gasteiger partial charge < -0.3 is 14.8 Å². The summed E-state index contributed by atoms with van der Waals surface area (Å²) in [6.07, 6.45) is 1.55. The maximum absolute atomic E-state index is 6.08. The van der Waals surface area contributed by atoms with Crippen LogP contribution in [-0.4, -0.2) is 32.5 Å². The highest BCUT2D eigenvalue weighted by molar-refractivity contribution is 5.36. The van der Waals surface area contributed by atoms with Crippen molar-refractivity contribution in [3.05, 3.63) is 35.4 Å².